The molecule has 0 saturated heterocycles. The lowest BCUT2D eigenvalue weighted by molar-refractivity contribution is 0.102. The first-order valence-corrected chi connectivity index (χ1v) is 6.93. The Morgan fingerprint density at radius 1 is 1.30 bits per heavy atom. The molecular weight excluding hydrogens is 272 g/mol. The highest BCUT2D eigenvalue weighted by molar-refractivity contribution is 7.13. The average molecular weight is 284 g/mol. The van der Waals surface area contributed by atoms with E-state index in [2.05, 4.69) is 15.3 Å². The number of nitrogens with zero attached hydrogens (tertiary/aromatic N) is 3. The van der Waals surface area contributed by atoms with Crippen LogP contribution in [0.15, 0.2) is 48.2 Å². The fraction of sp³-hybridized carbons (Fsp3) is 0.0714. The van der Waals surface area contributed by atoms with Gasteiger partial charge in [0.15, 0.2) is 5.13 Å². The van der Waals surface area contributed by atoms with E-state index in [1.54, 1.807) is 17.1 Å². The minimum absolute atomic E-state index is 0.222. The van der Waals surface area contributed by atoms with Crippen LogP contribution in [-0.4, -0.2) is 20.4 Å². The second kappa shape index (κ2) is 5.26. The average Bonchev–Trinajstić information content (AvgIpc) is 3.09. The SMILES string of the molecule is Cc1csc(NC(=O)c2cncn2-c2ccccc2)n1. The molecule has 1 aromatic carbocycles. The fourth-order valence-electron chi connectivity index (χ4n) is 1.83. The molecule has 1 amide bonds. The van der Waals surface area contributed by atoms with E-state index in [4.69, 9.17) is 0 Å². The van der Waals surface area contributed by atoms with Crippen molar-refractivity contribution in [2.24, 2.45) is 0 Å². The molecule has 0 aliphatic rings. The van der Waals surface area contributed by atoms with Crippen molar-refractivity contribution in [3.63, 3.8) is 0 Å². The van der Waals surface area contributed by atoms with Gasteiger partial charge in [0.25, 0.3) is 5.91 Å². The number of thiazole rings is 1. The number of carbonyl (C=O) groups excluding carboxylic acids is 1. The van der Waals surface area contributed by atoms with Crippen LogP contribution >= 0.6 is 11.3 Å². The van der Waals surface area contributed by atoms with Gasteiger partial charge in [0.1, 0.15) is 5.69 Å². The van der Waals surface area contributed by atoms with Crippen molar-refractivity contribution < 1.29 is 4.79 Å². The third-order valence-electron chi connectivity index (χ3n) is 2.74. The van der Waals surface area contributed by atoms with Gasteiger partial charge in [0.2, 0.25) is 0 Å². The number of aromatic nitrogens is 3. The number of carbonyl (C=O) groups is 1. The summed E-state index contributed by atoms with van der Waals surface area (Å²) in [6.07, 6.45) is 3.17. The molecule has 0 unspecified atom stereocenters. The van der Waals surface area contributed by atoms with Crippen molar-refractivity contribution in [2.45, 2.75) is 6.92 Å². The first kappa shape index (κ1) is 12.6. The molecule has 0 bridgehead atoms. The van der Waals surface area contributed by atoms with Crippen molar-refractivity contribution in [1.82, 2.24) is 14.5 Å². The van der Waals surface area contributed by atoms with Gasteiger partial charge in [-0.3, -0.25) is 14.7 Å². The minimum Gasteiger partial charge on any atom is -0.296 e. The lowest BCUT2D eigenvalue weighted by Gasteiger charge is -2.07. The maximum atomic E-state index is 12.3. The number of aryl methyl sites for hydroxylation is 1. The Kier molecular flexibility index (Phi) is 3.30. The van der Waals surface area contributed by atoms with Crippen molar-refractivity contribution >= 4 is 22.4 Å². The number of anilines is 1. The van der Waals surface area contributed by atoms with E-state index in [0.717, 1.165) is 11.4 Å². The maximum absolute atomic E-state index is 12.3. The van der Waals surface area contributed by atoms with Crippen molar-refractivity contribution in [2.75, 3.05) is 5.32 Å². The summed E-state index contributed by atoms with van der Waals surface area (Å²) in [5, 5.41) is 5.27. The van der Waals surface area contributed by atoms with Gasteiger partial charge in [-0.05, 0) is 19.1 Å². The summed E-state index contributed by atoms with van der Waals surface area (Å²) in [4.78, 5) is 20.5. The molecule has 3 rings (SSSR count). The van der Waals surface area contributed by atoms with Crippen molar-refractivity contribution in [3.8, 4) is 5.69 Å². The molecule has 2 heterocycles. The van der Waals surface area contributed by atoms with Crippen LogP contribution in [0.4, 0.5) is 5.13 Å². The molecule has 0 aliphatic heterocycles. The molecule has 2 aromatic heterocycles. The van der Waals surface area contributed by atoms with Gasteiger partial charge in [-0.1, -0.05) is 18.2 Å². The number of hydrogen-bond donors (Lipinski definition) is 1. The minimum atomic E-state index is -0.222. The molecule has 5 nitrogen and oxygen atoms in total. The van der Waals surface area contributed by atoms with Gasteiger partial charge < -0.3 is 0 Å². The summed E-state index contributed by atoms with van der Waals surface area (Å²) in [6.45, 7) is 1.89. The fourth-order valence-corrected chi connectivity index (χ4v) is 2.51. The summed E-state index contributed by atoms with van der Waals surface area (Å²) in [5.74, 6) is -0.222. The first-order valence-electron chi connectivity index (χ1n) is 6.05. The predicted octanol–water partition coefficient (Wildman–Crippen LogP) is 2.89. The number of benzene rings is 1. The van der Waals surface area contributed by atoms with Crippen LogP contribution in [-0.2, 0) is 0 Å². The zero-order chi connectivity index (χ0) is 13.9. The Hall–Kier alpha value is -2.47. The molecule has 20 heavy (non-hydrogen) atoms. The molecule has 0 aliphatic carbocycles. The van der Waals surface area contributed by atoms with Crippen molar-refractivity contribution in [1.29, 1.82) is 0 Å². The normalized spacial score (nSPS) is 10.4. The number of amides is 1. The Balaban J connectivity index is 1.88. The number of rotatable bonds is 3. The third-order valence-corrected chi connectivity index (χ3v) is 3.62. The van der Waals surface area contributed by atoms with Crippen LogP contribution in [0, 0.1) is 6.92 Å². The zero-order valence-electron chi connectivity index (χ0n) is 10.8. The number of imidazole rings is 1. The molecule has 0 saturated carbocycles. The maximum Gasteiger partial charge on any atom is 0.276 e. The second-order valence-corrected chi connectivity index (χ2v) is 5.09. The van der Waals surface area contributed by atoms with Crippen LogP contribution in [0.5, 0.6) is 0 Å². The standard InChI is InChI=1S/C14H12N4OS/c1-10-8-20-14(16-10)17-13(19)12-7-15-9-18(12)11-5-3-2-4-6-11/h2-9H,1H3,(H,16,17,19). The lowest BCUT2D eigenvalue weighted by Crippen LogP contribution is -2.15. The summed E-state index contributed by atoms with van der Waals surface area (Å²) in [5.41, 5.74) is 2.26. The Morgan fingerprint density at radius 3 is 2.80 bits per heavy atom. The van der Waals surface area contributed by atoms with Gasteiger partial charge in [0.05, 0.1) is 18.2 Å². The highest BCUT2D eigenvalue weighted by Gasteiger charge is 2.14. The molecule has 6 heteroatoms. The lowest BCUT2D eigenvalue weighted by atomic mass is 10.3. The molecule has 100 valence electrons. The van der Waals surface area contributed by atoms with Gasteiger partial charge in [-0.15, -0.1) is 11.3 Å². The van der Waals surface area contributed by atoms with E-state index in [9.17, 15) is 4.79 Å². The number of para-hydroxylation sites is 1. The highest BCUT2D eigenvalue weighted by atomic mass is 32.1. The molecular formula is C14H12N4OS. The second-order valence-electron chi connectivity index (χ2n) is 4.23. The first-order chi connectivity index (χ1) is 9.74. The van der Waals surface area contributed by atoms with Crippen LogP contribution < -0.4 is 5.32 Å². The highest BCUT2D eigenvalue weighted by Crippen LogP contribution is 2.17. The van der Waals surface area contributed by atoms with Gasteiger partial charge >= 0.3 is 0 Å². The molecule has 0 spiro atoms. The topological polar surface area (TPSA) is 59.8 Å². The van der Waals surface area contributed by atoms with E-state index in [1.165, 1.54) is 11.3 Å². The van der Waals surface area contributed by atoms with E-state index in [1.807, 2.05) is 42.6 Å². The van der Waals surface area contributed by atoms with Crippen LogP contribution in [0.2, 0.25) is 0 Å². The molecule has 0 fully saturated rings. The Labute approximate surface area is 119 Å². The van der Waals surface area contributed by atoms with Gasteiger partial charge in [-0.2, -0.15) is 0 Å². The molecule has 3 aromatic rings. The zero-order valence-corrected chi connectivity index (χ0v) is 11.6. The monoisotopic (exact) mass is 284 g/mol. The van der Waals surface area contributed by atoms with E-state index >= 15 is 0 Å². The van der Waals surface area contributed by atoms with E-state index in [0.29, 0.717) is 10.8 Å². The van der Waals surface area contributed by atoms with Crippen LogP contribution in [0.3, 0.4) is 0 Å². The van der Waals surface area contributed by atoms with E-state index < -0.39 is 0 Å². The van der Waals surface area contributed by atoms with Gasteiger partial charge in [0, 0.05) is 11.1 Å². The quantitative estimate of drug-likeness (QED) is 0.804. The number of nitrogens with one attached hydrogen (secondary N) is 1. The summed E-state index contributed by atoms with van der Waals surface area (Å²) >= 11 is 1.40. The molecule has 0 radical (unpaired) electrons. The Bertz CT molecular complexity index is 732. The van der Waals surface area contributed by atoms with Crippen LogP contribution in [0.25, 0.3) is 5.69 Å². The molecule has 1 N–H and O–H groups in total. The van der Waals surface area contributed by atoms with E-state index in [-0.39, 0.29) is 5.91 Å². The predicted molar refractivity (Wildman–Crippen MR) is 78.4 cm³/mol. The van der Waals surface area contributed by atoms with Crippen LogP contribution in [0.1, 0.15) is 16.2 Å². The van der Waals surface area contributed by atoms with Gasteiger partial charge in [-0.25, -0.2) is 9.97 Å². The number of hydrogen-bond acceptors (Lipinski definition) is 4. The smallest absolute Gasteiger partial charge is 0.276 e. The summed E-state index contributed by atoms with van der Waals surface area (Å²) in [7, 11) is 0. The van der Waals surface area contributed by atoms with Crippen molar-refractivity contribution in [3.05, 3.63) is 59.6 Å². The Morgan fingerprint density at radius 2 is 2.10 bits per heavy atom. The third kappa shape index (κ3) is 2.46. The summed E-state index contributed by atoms with van der Waals surface area (Å²) < 4.78 is 1.75. The largest absolute Gasteiger partial charge is 0.296 e. The molecule has 0 atom stereocenters. The summed E-state index contributed by atoms with van der Waals surface area (Å²) in [6, 6.07) is 9.61.